The molecule has 0 radical (unpaired) electrons. The minimum atomic E-state index is -4.66. The number of hydrogen-bond acceptors (Lipinski definition) is 6. The van der Waals surface area contributed by atoms with E-state index >= 15 is 0 Å². The fraction of sp³-hybridized carbons (Fsp3) is 0.167. The highest BCUT2D eigenvalue weighted by Gasteiger charge is 2.19. The molecule has 0 aliphatic heterocycles. The molecule has 0 aliphatic carbocycles. The van der Waals surface area contributed by atoms with Gasteiger partial charge in [0.2, 0.25) is 0 Å². The zero-order valence-corrected chi connectivity index (χ0v) is 12.4. The summed E-state index contributed by atoms with van der Waals surface area (Å²) in [6.45, 7) is -0.667. The molecule has 0 aromatic heterocycles. The number of sulfone groups is 1. The van der Waals surface area contributed by atoms with Gasteiger partial charge in [-0.15, -0.1) is 0 Å². The van der Waals surface area contributed by atoms with E-state index < -0.39 is 32.6 Å². The van der Waals surface area contributed by atoms with Gasteiger partial charge in [0.05, 0.1) is 17.3 Å². The first-order valence-electron chi connectivity index (χ1n) is 5.82. The maximum atomic E-state index is 12.2. The third kappa shape index (κ3) is 3.91. The van der Waals surface area contributed by atoms with Crippen molar-refractivity contribution in [2.24, 2.45) is 0 Å². The zero-order valence-electron chi connectivity index (χ0n) is 10.8. The molecule has 0 bridgehead atoms. The lowest BCUT2D eigenvalue weighted by molar-refractivity contribution is 0.284. The van der Waals surface area contributed by atoms with Gasteiger partial charge >= 0.3 is 10.4 Å². The summed E-state index contributed by atoms with van der Waals surface area (Å²) in [6, 6.07) is 9.60. The molecule has 114 valence electrons. The second kappa shape index (κ2) is 5.60. The lowest BCUT2D eigenvalue weighted by Gasteiger charge is -2.08. The van der Waals surface area contributed by atoms with E-state index in [-0.39, 0.29) is 4.90 Å². The molecule has 0 atom stereocenters. The molecule has 2 aromatic rings. The summed E-state index contributed by atoms with van der Waals surface area (Å²) in [5.74, 6) is -0.583. The van der Waals surface area contributed by atoms with Crippen molar-refractivity contribution in [3.05, 3.63) is 36.4 Å². The second-order valence-electron chi connectivity index (χ2n) is 4.31. The molecule has 0 heterocycles. The molecule has 0 saturated carbocycles. The van der Waals surface area contributed by atoms with Crippen molar-refractivity contribution in [2.75, 3.05) is 18.1 Å². The van der Waals surface area contributed by atoms with Crippen molar-refractivity contribution < 1.29 is 25.6 Å². The Morgan fingerprint density at radius 3 is 2.48 bits per heavy atom. The van der Waals surface area contributed by atoms with Crippen molar-refractivity contribution in [3.63, 3.8) is 0 Å². The topological polar surface area (TPSA) is 124 Å². The van der Waals surface area contributed by atoms with Crippen LogP contribution in [0.15, 0.2) is 41.3 Å². The molecule has 7 nitrogen and oxygen atoms in total. The van der Waals surface area contributed by atoms with Crippen LogP contribution in [-0.2, 0) is 24.4 Å². The molecule has 0 fully saturated rings. The molecule has 2 rings (SSSR count). The number of nitrogens with two attached hydrogens (primary N) is 1. The average molecular weight is 331 g/mol. The van der Waals surface area contributed by atoms with E-state index in [1.54, 1.807) is 24.3 Å². The summed E-state index contributed by atoms with van der Waals surface area (Å²) in [6.07, 6.45) is 0. The summed E-state index contributed by atoms with van der Waals surface area (Å²) in [4.78, 5) is 0.0336. The maximum absolute atomic E-state index is 12.2. The maximum Gasteiger partial charge on any atom is 0.397 e. The minimum absolute atomic E-state index is 0.0336. The van der Waals surface area contributed by atoms with Crippen LogP contribution in [0.3, 0.4) is 0 Å². The summed E-state index contributed by atoms with van der Waals surface area (Å²) < 4.78 is 57.8. The van der Waals surface area contributed by atoms with E-state index in [4.69, 9.17) is 10.3 Å². The van der Waals surface area contributed by atoms with Gasteiger partial charge in [0.25, 0.3) is 0 Å². The molecule has 0 amide bonds. The fourth-order valence-electron chi connectivity index (χ4n) is 1.89. The first-order valence-corrected chi connectivity index (χ1v) is 8.84. The van der Waals surface area contributed by atoms with E-state index in [2.05, 4.69) is 4.18 Å². The van der Waals surface area contributed by atoms with Crippen LogP contribution in [-0.4, -0.2) is 33.7 Å². The Labute approximate surface area is 122 Å². The van der Waals surface area contributed by atoms with Gasteiger partial charge in [-0.3, -0.25) is 4.55 Å². The Bertz CT molecular complexity index is 874. The third-order valence-electron chi connectivity index (χ3n) is 2.79. The largest absolute Gasteiger partial charge is 0.399 e. The first-order chi connectivity index (χ1) is 9.69. The molecule has 0 spiro atoms. The molecule has 0 aliphatic rings. The van der Waals surface area contributed by atoms with E-state index in [1.165, 1.54) is 12.1 Å². The first kappa shape index (κ1) is 15.7. The predicted molar refractivity (Wildman–Crippen MR) is 77.9 cm³/mol. The van der Waals surface area contributed by atoms with Gasteiger partial charge in [0.15, 0.2) is 9.84 Å². The number of hydrogen-bond donors (Lipinski definition) is 2. The average Bonchev–Trinajstić information content (AvgIpc) is 2.36. The van der Waals surface area contributed by atoms with Crippen LogP contribution in [0.2, 0.25) is 0 Å². The van der Waals surface area contributed by atoms with Crippen molar-refractivity contribution >= 4 is 36.7 Å². The molecule has 0 saturated heterocycles. The number of benzene rings is 2. The standard InChI is InChI=1S/C12H13NO6S2/c13-10-5-4-9-2-1-3-12(11(9)8-10)20(14,15)7-6-19-21(16,17)18/h1-5,8H,6-7,13H2,(H,16,17,18). The van der Waals surface area contributed by atoms with Gasteiger partial charge in [-0.1, -0.05) is 18.2 Å². The van der Waals surface area contributed by atoms with Crippen LogP contribution in [0.5, 0.6) is 0 Å². The van der Waals surface area contributed by atoms with Gasteiger partial charge in [-0.2, -0.15) is 8.42 Å². The number of rotatable bonds is 5. The van der Waals surface area contributed by atoms with Gasteiger partial charge in [-0.25, -0.2) is 12.6 Å². The fourth-order valence-corrected chi connectivity index (χ4v) is 3.61. The highest BCUT2D eigenvalue weighted by Crippen LogP contribution is 2.25. The van der Waals surface area contributed by atoms with E-state index in [0.29, 0.717) is 16.5 Å². The van der Waals surface area contributed by atoms with Crippen LogP contribution >= 0.6 is 0 Å². The van der Waals surface area contributed by atoms with Crippen LogP contribution in [0, 0.1) is 0 Å². The normalized spacial score (nSPS) is 12.6. The number of nitrogen functional groups attached to an aromatic ring is 1. The molecular weight excluding hydrogens is 318 g/mol. The third-order valence-corrected chi connectivity index (χ3v) is 4.98. The van der Waals surface area contributed by atoms with Crippen molar-refractivity contribution in [1.29, 1.82) is 0 Å². The highest BCUT2D eigenvalue weighted by atomic mass is 32.3. The Morgan fingerprint density at radius 2 is 1.81 bits per heavy atom. The Kier molecular flexibility index (Phi) is 4.19. The monoisotopic (exact) mass is 331 g/mol. The van der Waals surface area contributed by atoms with Crippen molar-refractivity contribution in [3.8, 4) is 0 Å². The number of anilines is 1. The quantitative estimate of drug-likeness (QED) is 0.619. The van der Waals surface area contributed by atoms with E-state index in [1.807, 2.05) is 0 Å². The number of fused-ring (bicyclic) bond motifs is 1. The van der Waals surface area contributed by atoms with Crippen LogP contribution in [0.4, 0.5) is 5.69 Å². The molecule has 2 aromatic carbocycles. The van der Waals surface area contributed by atoms with Crippen molar-refractivity contribution in [1.82, 2.24) is 0 Å². The predicted octanol–water partition coefficient (Wildman–Crippen LogP) is 1.02. The lowest BCUT2D eigenvalue weighted by Crippen LogP contribution is -2.15. The SMILES string of the molecule is Nc1ccc2cccc(S(=O)(=O)CCOS(=O)(=O)O)c2c1. The summed E-state index contributed by atoms with van der Waals surface area (Å²) in [7, 11) is -8.44. The molecular formula is C12H13NO6S2. The van der Waals surface area contributed by atoms with E-state index in [0.717, 1.165) is 0 Å². The summed E-state index contributed by atoms with van der Waals surface area (Å²) in [5.41, 5.74) is 6.08. The second-order valence-corrected chi connectivity index (χ2v) is 7.47. The van der Waals surface area contributed by atoms with Gasteiger partial charge in [0, 0.05) is 11.1 Å². The Hall–Kier alpha value is -1.68. The Balaban J connectivity index is 2.38. The minimum Gasteiger partial charge on any atom is -0.399 e. The van der Waals surface area contributed by atoms with Gasteiger partial charge in [0.1, 0.15) is 0 Å². The van der Waals surface area contributed by atoms with Crippen LogP contribution in [0.25, 0.3) is 10.8 Å². The highest BCUT2D eigenvalue weighted by molar-refractivity contribution is 7.91. The molecule has 0 unspecified atom stereocenters. The molecule has 9 heteroatoms. The van der Waals surface area contributed by atoms with Crippen LogP contribution in [0.1, 0.15) is 0 Å². The summed E-state index contributed by atoms with van der Waals surface area (Å²) >= 11 is 0. The van der Waals surface area contributed by atoms with E-state index in [9.17, 15) is 16.8 Å². The summed E-state index contributed by atoms with van der Waals surface area (Å²) in [5, 5.41) is 1.14. The smallest absolute Gasteiger partial charge is 0.397 e. The molecule has 3 N–H and O–H groups in total. The van der Waals surface area contributed by atoms with Gasteiger partial charge in [-0.05, 0) is 23.6 Å². The molecule has 21 heavy (non-hydrogen) atoms. The van der Waals surface area contributed by atoms with Crippen molar-refractivity contribution in [2.45, 2.75) is 4.90 Å². The van der Waals surface area contributed by atoms with Crippen LogP contribution < -0.4 is 5.73 Å². The Morgan fingerprint density at radius 1 is 1.10 bits per heavy atom. The zero-order chi connectivity index (χ0) is 15.7. The van der Waals surface area contributed by atoms with Gasteiger partial charge < -0.3 is 5.73 Å². The lowest BCUT2D eigenvalue weighted by atomic mass is 10.1.